The number of likely N-dealkylation sites (N-methyl/N-ethyl adjacent to an activating group) is 1. The van der Waals surface area contributed by atoms with Gasteiger partial charge >= 0.3 is 6.01 Å². The minimum Gasteiger partial charge on any atom is -0.508 e. The Labute approximate surface area is 257 Å². The molecule has 6 heterocycles. The molecule has 3 saturated heterocycles. The second-order valence-electron chi connectivity index (χ2n) is 12.6. The van der Waals surface area contributed by atoms with Crippen molar-refractivity contribution in [1.29, 1.82) is 0 Å². The predicted molar refractivity (Wildman–Crippen MR) is 163 cm³/mol. The van der Waals surface area contributed by atoms with Gasteiger partial charge in [-0.05, 0) is 69.1 Å². The van der Waals surface area contributed by atoms with Gasteiger partial charge in [-0.2, -0.15) is 9.97 Å². The van der Waals surface area contributed by atoms with E-state index >= 15 is 8.78 Å². The molecule has 0 aliphatic carbocycles. The maximum Gasteiger partial charge on any atom is 0.324 e. The van der Waals surface area contributed by atoms with Gasteiger partial charge in [-0.15, -0.1) is 0 Å². The van der Waals surface area contributed by atoms with E-state index in [-0.39, 0.29) is 52.4 Å². The number of phenolic OH excluding ortho intramolecular Hbond substituents is 1. The Hall–Kier alpha value is -4.16. The normalized spacial score (nSPS) is 25.4. The van der Waals surface area contributed by atoms with Gasteiger partial charge in [-0.25, -0.2) is 18.2 Å². The number of aromatic nitrogens is 3. The molecule has 0 amide bonds. The summed E-state index contributed by atoms with van der Waals surface area (Å²) in [6, 6.07) is 7.03. The van der Waals surface area contributed by atoms with E-state index in [9.17, 15) is 9.50 Å². The summed E-state index contributed by atoms with van der Waals surface area (Å²) in [5, 5.41) is 11.3. The highest BCUT2D eigenvalue weighted by Gasteiger charge is 2.47. The van der Waals surface area contributed by atoms with Crippen molar-refractivity contribution in [3.05, 3.63) is 54.3 Å². The lowest BCUT2D eigenvalue weighted by Gasteiger charge is -2.28. The number of hydrogen-bond donors (Lipinski definition) is 1. The zero-order chi connectivity index (χ0) is 30.9. The lowest BCUT2D eigenvalue weighted by atomic mass is 9.94. The van der Waals surface area contributed by atoms with Gasteiger partial charge in [-0.3, -0.25) is 4.90 Å². The van der Waals surface area contributed by atoms with E-state index < -0.39 is 23.3 Å². The third-order valence-electron chi connectivity index (χ3n) is 9.78. The molecule has 0 saturated carbocycles. The molecule has 0 radical (unpaired) electrons. The maximum absolute atomic E-state index is 16.8. The molecule has 2 aromatic heterocycles. The molecule has 4 aliphatic heterocycles. The summed E-state index contributed by atoms with van der Waals surface area (Å²) in [6.45, 7) is 3.74. The first-order valence-corrected chi connectivity index (χ1v) is 15.4. The SMILES string of the molecule is CN1CC[C@@H]2COc3nc(-c4cc(O)cc5cccc(F)c45)c(F)c4nc(O/C=C/C56CCCN5C[C@H](F)C6)nc(c34)N2CC1. The number of nitrogens with zero attached hydrogens (tertiary/aromatic N) is 6. The zero-order valence-corrected chi connectivity index (χ0v) is 24.8. The van der Waals surface area contributed by atoms with Crippen molar-refractivity contribution in [2.24, 2.45) is 0 Å². The smallest absolute Gasteiger partial charge is 0.324 e. The van der Waals surface area contributed by atoms with Gasteiger partial charge in [0, 0.05) is 42.5 Å². The third kappa shape index (κ3) is 4.73. The van der Waals surface area contributed by atoms with Crippen molar-refractivity contribution in [2.75, 3.05) is 51.3 Å². The molecule has 2 aromatic carbocycles. The highest BCUT2D eigenvalue weighted by Crippen LogP contribution is 2.44. The molecule has 8 rings (SSSR count). The van der Waals surface area contributed by atoms with Crippen LogP contribution in [0.1, 0.15) is 25.7 Å². The zero-order valence-electron chi connectivity index (χ0n) is 24.8. The number of aromatic hydroxyl groups is 1. The van der Waals surface area contributed by atoms with Gasteiger partial charge < -0.3 is 24.4 Å². The van der Waals surface area contributed by atoms with Crippen LogP contribution in [0.15, 0.2) is 42.7 Å². The molecule has 1 unspecified atom stereocenters. The second-order valence-corrected chi connectivity index (χ2v) is 12.6. The monoisotopic (exact) mass is 618 g/mol. The van der Waals surface area contributed by atoms with Gasteiger partial charge in [0.25, 0.3) is 0 Å². The summed E-state index contributed by atoms with van der Waals surface area (Å²) in [5.74, 6) is -0.964. The molecule has 234 valence electrons. The number of alkyl halides is 1. The predicted octanol–water partition coefficient (Wildman–Crippen LogP) is 5.20. The van der Waals surface area contributed by atoms with Gasteiger partial charge in [0.05, 0.1) is 12.3 Å². The molecule has 0 spiro atoms. The van der Waals surface area contributed by atoms with Crippen LogP contribution in [0.2, 0.25) is 0 Å². The van der Waals surface area contributed by atoms with Crippen LogP contribution in [0, 0.1) is 11.6 Å². The maximum atomic E-state index is 16.8. The van der Waals surface area contributed by atoms with Crippen molar-refractivity contribution in [3.63, 3.8) is 0 Å². The van der Waals surface area contributed by atoms with E-state index in [1.807, 2.05) is 6.08 Å². The van der Waals surface area contributed by atoms with Crippen molar-refractivity contribution in [3.8, 4) is 28.9 Å². The molecule has 12 heteroatoms. The van der Waals surface area contributed by atoms with E-state index in [0.717, 1.165) is 38.9 Å². The van der Waals surface area contributed by atoms with Crippen molar-refractivity contribution in [1.82, 2.24) is 24.8 Å². The summed E-state index contributed by atoms with van der Waals surface area (Å²) in [7, 11) is 2.05. The van der Waals surface area contributed by atoms with Gasteiger partial charge in [0.2, 0.25) is 5.88 Å². The summed E-state index contributed by atoms with van der Waals surface area (Å²) < 4.78 is 58.5. The van der Waals surface area contributed by atoms with Crippen LogP contribution in [0.4, 0.5) is 19.0 Å². The second kappa shape index (κ2) is 10.7. The lowest BCUT2D eigenvalue weighted by Crippen LogP contribution is -2.40. The Morgan fingerprint density at radius 2 is 1.98 bits per heavy atom. The summed E-state index contributed by atoms with van der Waals surface area (Å²) >= 11 is 0. The van der Waals surface area contributed by atoms with Crippen LogP contribution in [0.3, 0.4) is 0 Å². The Morgan fingerprint density at radius 3 is 2.87 bits per heavy atom. The van der Waals surface area contributed by atoms with Crippen LogP contribution >= 0.6 is 0 Å². The van der Waals surface area contributed by atoms with E-state index in [1.54, 1.807) is 6.07 Å². The Kier molecular flexibility index (Phi) is 6.75. The molecular formula is C33H33F3N6O3. The molecule has 4 aliphatic rings. The Balaban J connectivity index is 1.30. The van der Waals surface area contributed by atoms with E-state index in [2.05, 4.69) is 31.7 Å². The molecule has 3 atom stereocenters. The highest BCUT2D eigenvalue weighted by atomic mass is 19.1. The number of hydrogen-bond acceptors (Lipinski definition) is 9. The average Bonchev–Trinajstić information content (AvgIpc) is 3.40. The van der Waals surface area contributed by atoms with Gasteiger partial charge in [0.15, 0.2) is 5.82 Å². The standard InChI is InChI=1S/C33H33F3N6O3/c1-40-10-6-21-18-45-31-26-29(27(36)28(37-31)23-15-22(43)14-19-4-2-5-24(35)25(19)23)38-32(39-30(26)42(21)12-11-40)44-13-8-33-7-3-9-41(33)17-20(34)16-33/h2,4-5,8,13-15,20-21,43H,3,6-7,9-12,16-18H2,1H3/b13-8+/t20-,21-,33?/m1/s1. The van der Waals surface area contributed by atoms with E-state index in [4.69, 9.17) is 14.5 Å². The minimum atomic E-state index is -0.894. The van der Waals surface area contributed by atoms with E-state index in [1.165, 1.54) is 30.5 Å². The first-order valence-electron chi connectivity index (χ1n) is 15.4. The van der Waals surface area contributed by atoms with Crippen LogP contribution in [0.25, 0.3) is 32.9 Å². The van der Waals surface area contributed by atoms with Gasteiger partial charge in [0.1, 0.15) is 46.8 Å². The first-order chi connectivity index (χ1) is 21.8. The van der Waals surface area contributed by atoms with Gasteiger partial charge in [-0.1, -0.05) is 12.1 Å². The molecule has 1 N–H and O–H groups in total. The van der Waals surface area contributed by atoms with Crippen molar-refractivity contribution in [2.45, 2.75) is 43.4 Å². The summed E-state index contributed by atoms with van der Waals surface area (Å²) in [5.41, 5.74) is -0.619. The number of benzene rings is 2. The lowest BCUT2D eigenvalue weighted by molar-refractivity contribution is 0.243. The van der Waals surface area contributed by atoms with Crippen LogP contribution in [-0.2, 0) is 0 Å². The largest absolute Gasteiger partial charge is 0.508 e. The quantitative estimate of drug-likeness (QED) is 0.310. The molecule has 4 aromatic rings. The summed E-state index contributed by atoms with van der Waals surface area (Å²) in [4.78, 5) is 20.3. The number of pyridine rings is 1. The van der Waals surface area contributed by atoms with Crippen LogP contribution < -0.4 is 14.4 Å². The molecular weight excluding hydrogens is 585 g/mol. The molecule has 9 nitrogen and oxygen atoms in total. The molecule has 45 heavy (non-hydrogen) atoms. The fraction of sp³-hybridized carbons (Fsp3) is 0.424. The van der Waals surface area contributed by atoms with Crippen LogP contribution in [-0.4, -0.2) is 94.0 Å². The van der Waals surface area contributed by atoms with Crippen molar-refractivity contribution < 1.29 is 27.8 Å². The highest BCUT2D eigenvalue weighted by molar-refractivity contribution is 6.02. The molecule has 3 fully saturated rings. The minimum absolute atomic E-state index is 0.0675. The average molecular weight is 619 g/mol. The van der Waals surface area contributed by atoms with Crippen LogP contribution in [0.5, 0.6) is 17.6 Å². The Morgan fingerprint density at radius 1 is 1.09 bits per heavy atom. The number of phenols is 1. The number of fused-ring (bicyclic) bond motifs is 4. The fourth-order valence-electron chi connectivity index (χ4n) is 7.55. The Bertz CT molecular complexity index is 1860. The van der Waals surface area contributed by atoms with E-state index in [0.29, 0.717) is 36.1 Å². The van der Waals surface area contributed by atoms with Crippen molar-refractivity contribution >= 4 is 27.5 Å². The molecule has 0 bridgehead atoms. The first kappa shape index (κ1) is 28.3. The number of halogens is 3. The number of ether oxygens (including phenoxy) is 2. The fourth-order valence-corrected chi connectivity index (χ4v) is 7.55. The topological polar surface area (TPSA) is 87.1 Å². The number of anilines is 1. The number of rotatable bonds is 4. The third-order valence-corrected chi connectivity index (χ3v) is 9.78. The summed E-state index contributed by atoms with van der Waals surface area (Å²) in [6.07, 6.45) is 5.47.